The van der Waals surface area contributed by atoms with E-state index in [4.69, 9.17) is 11.2 Å². The lowest BCUT2D eigenvalue weighted by atomic mass is 9.74. The zero-order valence-corrected chi connectivity index (χ0v) is 17.8. The van der Waals surface area contributed by atoms with Gasteiger partial charge in [0.05, 0.1) is 11.0 Å². The summed E-state index contributed by atoms with van der Waals surface area (Å²) in [5.41, 5.74) is 0.239. The van der Waals surface area contributed by atoms with Crippen molar-refractivity contribution in [2.24, 2.45) is 0 Å². The SMILES string of the molecule is C#CC(CC)(CCCc1ccc(F)c(Oc2ccccc2)c1)c1ccc(C(F)(F)F)cc1. The molecule has 1 atom stereocenters. The van der Waals surface area contributed by atoms with Crippen molar-refractivity contribution in [2.75, 3.05) is 0 Å². The van der Waals surface area contributed by atoms with Gasteiger partial charge in [-0.1, -0.05) is 49.2 Å². The molecule has 5 heteroatoms. The molecule has 0 N–H and O–H groups in total. The van der Waals surface area contributed by atoms with Gasteiger partial charge in [0.2, 0.25) is 0 Å². The average molecular weight is 440 g/mol. The van der Waals surface area contributed by atoms with E-state index < -0.39 is 23.0 Å². The van der Waals surface area contributed by atoms with Gasteiger partial charge in [0, 0.05) is 0 Å². The number of ether oxygens (including phenoxy) is 1. The summed E-state index contributed by atoms with van der Waals surface area (Å²) in [7, 11) is 0. The van der Waals surface area contributed by atoms with Crippen molar-refractivity contribution in [3.8, 4) is 23.8 Å². The van der Waals surface area contributed by atoms with Crippen molar-refractivity contribution >= 4 is 0 Å². The molecule has 0 saturated heterocycles. The lowest BCUT2D eigenvalue weighted by Crippen LogP contribution is -2.23. The van der Waals surface area contributed by atoms with Gasteiger partial charge in [-0.15, -0.1) is 6.42 Å². The molecule has 32 heavy (non-hydrogen) atoms. The fraction of sp³-hybridized carbons (Fsp3) is 0.259. The number of rotatable bonds is 8. The van der Waals surface area contributed by atoms with Gasteiger partial charge in [-0.25, -0.2) is 4.39 Å². The van der Waals surface area contributed by atoms with Crippen LogP contribution < -0.4 is 4.74 Å². The number of hydrogen-bond acceptors (Lipinski definition) is 1. The van der Waals surface area contributed by atoms with Crippen LogP contribution >= 0.6 is 0 Å². The van der Waals surface area contributed by atoms with Crippen LogP contribution in [-0.2, 0) is 18.0 Å². The number of terminal acetylenes is 1. The molecule has 3 rings (SSSR count). The number of alkyl halides is 3. The zero-order valence-electron chi connectivity index (χ0n) is 17.8. The first-order chi connectivity index (χ1) is 15.3. The van der Waals surface area contributed by atoms with Crippen molar-refractivity contribution in [3.63, 3.8) is 0 Å². The number of para-hydroxylation sites is 1. The second kappa shape index (κ2) is 9.91. The first-order valence-corrected chi connectivity index (χ1v) is 10.4. The van der Waals surface area contributed by atoms with Crippen molar-refractivity contribution in [1.29, 1.82) is 0 Å². The third-order valence-electron chi connectivity index (χ3n) is 5.68. The minimum Gasteiger partial charge on any atom is -0.454 e. The van der Waals surface area contributed by atoms with Gasteiger partial charge in [0.1, 0.15) is 5.75 Å². The number of hydrogen-bond donors (Lipinski definition) is 0. The van der Waals surface area contributed by atoms with E-state index >= 15 is 0 Å². The van der Waals surface area contributed by atoms with Crippen molar-refractivity contribution < 1.29 is 22.3 Å². The molecule has 0 aliphatic carbocycles. The Kier molecular flexibility index (Phi) is 7.25. The van der Waals surface area contributed by atoms with E-state index in [9.17, 15) is 17.6 Å². The Balaban J connectivity index is 1.71. The molecular formula is C27H24F4O. The Morgan fingerprint density at radius 1 is 0.906 bits per heavy atom. The average Bonchev–Trinajstić information content (AvgIpc) is 2.79. The first kappa shape index (κ1) is 23.4. The van der Waals surface area contributed by atoms with Gasteiger partial charge in [-0.05, 0) is 73.2 Å². The van der Waals surface area contributed by atoms with Crippen molar-refractivity contribution in [3.05, 3.63) is 95.3 Å². The lowest BCUT2D eigenvalue weighted by Gasteiger charge is -2.28. The van der Waals surface area contributed by atoms with Crippen LogP contribution in [0.1, 0.15) is 42.9 Å². The topological polar surface area (TPSA) is 9.23 Å². The maximum Gasteiger partial charge on any atom is 0.416 e. The maximum atomic E-state index is 14.2. The molecule has 1 unspecified atom stereocenters. The molecule has 0 aliphatic rings. The molecular weight excluding hydrogens is 416 g/mol. The van der Waals surface area contributed by atoms with E-state index in [1.807, 2.05) is 25.1 Å². The van der Waals surface area contributed by atoms with Gasteiger partial charge in [-0.3, -0.25) is 0 Å². The third-order valence-corrected chi connectivity index (χ3v) is 5.68. The van der Waals surface area contributed by atoms with Crippen LogP contribution in [0.4, 0.5) is 17.6 Å². The largest absolute Gasteiger partial charge is 0.454 e. The molecule has 0 aromatic heterocycles. The molecule has 0 bridgehead atoms. The lowest BCUT2D eigenvalue weighted by molar-refractivity contribution is -0.137. The summed E-state index contributed by atoms with van der Waals surface area (Å²) in [6.45, 7) is 1.93. The zero-order chi connectivity index (χ0) is 23.2. The Morgan fingerprint density at radius 2 is 1.56 bits per heavy atom. The van der Waals surface area contributed by atoms with Crippen LogP contribution in [0.25, 0.3) is 0 Å². The second-order valence-corrected chi connectivity index (χ2v) is 7.69. The summed E-state index contributed by atoms with van der Waals surface area (Å²) in [4.78, 5) is 0. The highest BCUT2D eigenvalue weighted by Crippen LogP contribution is 2.36. The molecule has 0 spiro atoms. The number of aryl methyl sites for hydroxylation is 1. The van der Waals surface area contributed by atoms with Crippen molar-refractivity contribution in [1.82, 2.24) is 0 Å². The minimum absolute atomic E-state index is 0.148. The fourth-order valence-electron chi connectivity index (χ4n) is 3.75. The highest BCUT2D eigenvalue weighted by atomic mass is 19.4. The fourth-order valence-corrected chi connectivity index (χ4v) is 3.75. The molecule has 0 saturated carbocycles. The van der Waals surface area contributed by atoms with E-state index in [0.29, 0.717) is 37.0 Å². The molecule has 0 heterocycles. The van der Waals surface area contributed by atoms with E-state index in [1.54, 1.807) is 24.3 Å². The normalized spacial score (nSPS) is 13.2. The highest BCUT2D eigenvalue weighted by Gasteiger charge is 2.32. The van der Waals surface area contributed by atoms with Crippen LogP contribution in [0.3, 0.4) is 0 Å². The summed E-state index contributed by atoms with van der Waals surface area (Å²) in [5.74, 6) is 3.06. The Bertz CT molecular complexity index is 1070. The molecule has 3 aromatic carbocycles. The molecule has 0 aliphatic heterocycles. The Morgan fingerprint density at radius 3 is 2.16 bits per heavy atom. The maximum absolute atomic E-state index is 14.2. The molecule has 0 radical (unpaired) electrons. The van der Waals surface area contributed by atoms with Crippen LogP contribution in [0.15, 0.2) is 72.8 Å². The van der Waals surface area contributed by atoms with Gasteiger partial charge < -0.3 is 4.74 Å². The van der Waals surface area contributed by atoms with E-state index in [-0.39, 0.29) is 5.75 Å². The number of halogens is 4. The Hall–Kier alpha value is -3.26. The van der Waals surface area contributed by atoms with Crippen LogP contribution in [0, 0.1) is 18.2 Å². The summed E-state index contributed by atoms with van der Waals surface area (Å²) in [6.07, 6.45) is 3.98. The molecule has 0 amide bonds. The molecule has 1 nitrogen and oxygen atoms in total. The smallest absolute Gasteiger partial charge is 0.416 e. The van der Waals surface area contributed by atoms with E-state index in [2.05, 4.69) is 5.92 Å². The minimum atomic E-state index is -4.38. The van der Waals surface area contributed by atoms with Crippen molar-refractivity contribution in [2.45, 2.75) is 44.2 Å². The monoisotopic (exact) mass is 440 g/mol. The van der Waals surface area contributed by atoms with Gasteiger partial charge in [-0.2, -0.15) is 13.2 Å². The second-order valence-electron chi connectivity index (χ2n) is 7.69. The molecule has 3 aromatic rings. The predicted molar refractivity (Wildman–Crippen MR) is 118 cm³/mol. The highest BCUT2D eigenvalue weighted by molar-refractivity contribution is 5.38. The predicted octanol–water partition coefficient (Wildman–Crippen LogP) is 7.94. The first-order valence-electron chi connectivity index (χ1n) is 10.4. The summed E-state index contributed by atoms with van der Waals surface area (Å²) < 4.78 is 58.5. The Labute approximate surface area is 186 Å². The third kappa shape index (κ3) is 5.50. The van der Waals surface area contributed by atoms with Gasteiger partial charge >= 0.3 is 6.18 Å². The quantitative estimate of drug-likeness (QED) is 0.255. The van der Waals surface area contributed by atoms with Gasteiger partial charge in [0.15, 0.2) is 11.6 Å². The summed E-state index contributed by atoms with van der Waals surface area (Å²) in [6, 6.07) is 18.8. The summed E-state index contributed by atoms with van der Waals surface area (Å²) >= 11 is 0. The number of benzene rings is 3. The van der Waals surface area contributed by atoms with Crippen LogP contribution in [-0.4, -0.2) is 0 Å². The molecule has 0 fully saturated rings. The van der Waals surface area contributed by atoms with E-state index in [1.165, 1.54) is 18.2 Å². The van der Waals surface area contributed by atoms with E-state index in [0.717, 1.165) is 17.7 Å². The standard InChI is InChI=1S/C27H24F4O/c1-3-26(4-2,21-13-15-22(16-14-21)27(29,30)31)18-8-9-20-12-17-24(28)25(19-20)32-23-10-6-5-7-11-23/h1,5-7,10-17,19H,4,8-9,18H2,2H3. The van der Waals surface area contributed by atoms with Crippen LogP contribution in [0.2, 0.25) is 0 Å². The van der Waals surface area contributed by atoms with Gasteiger partial charge in [0.25, 0.3) is 0 Å². The summed E-state index contributed by atoms with van der Waals surface area (Å²) in [5, 5.41) is 0. The van der Waals surface area contributed by atoms with Crippen LogP contribution in [0.5, 0.6) is 11.5 Å². The molecule has 166 valence electrons.